The van der Waals surface area contributed by atoms with Crippen LogP contribution in [0.25, 0.3) is 10.9 Å². The molecule has 3 heterocycles. The minimum Gasteiger partial charge on any atom is -0.365 e. The number of rotatable bonds is 6. The van der Waals surface area contributed by atoms with Crippen LogP contribution in [0.3, 0.4) is 0 Å². The first kappa shape index (κ1) is 18.4. The third-order valence-electron chi connectivity index (χ3n) is 4.82. The van der Waals surface area contributed by atoms with Crippen molar-refractivity contribution in [1.82, 2.24) is 20.3 Å². The van der Waals surface area contributed by atoms with Crippen molar-refractivity contribution in [3.05, 3.63) is 54.1 Å². The number of fused-ring (bicyclic) bond motifs is 1. The highest BCUT2D eigenvalue weighted by Gasteiger charge is 2.28. The van der Waals surface area contributed by atoms with Crippen molar-refractivity contribution in [1.29, 1.82) is 0 Å². The van der Waals surface area contributed by atoms with Gasteiger partial charge in [-0.05, 0) is 24.5 Å². The number of hydrogen-bond donors (Lipinski definition) is 3. The maximum atomic E-state index is 12.3. The Hall–Kier alpha value is -2.94. The van der Waals surface area contributed by atoms with Crippen LogP contribution in [0.2, 0.25) is 0 Å². The van der Waals surface area contributed by atoms with Gasteiger partial charge < -0.3 is 15.6 Å². The van der Waals surface area contributed by atoms with Crippen LogP contribution in [-0.4, -0.2) is 53.4 Å². The highest BCUT2D eigenvalue weighted by molar-refractivity contribution is 7.91. The molecule has 1 aliphatic heterocycles. The molecule has 9 heteroatoms. The van der Waals surface area contributed by atoms with Crippen molar-refractivity contribution in [3.8, 4) is 0 Å². The van der Waals surface area contributed by atoms with E-state index in [2.05, 4.69) is 31.7 Å². The molecule has 3 aromatic rings. The van der Waals surface area contributed by atoms with Gasteiger partial charge in [0.25, 0.3) is 5.91 Å². The van der Waals surface area contributed by atoms with Gasteiger partial charge in [0.2, 0.25) is 0 Å². The molecule has 1 aliphatic rings. The van der Waals surface area contributed by atoms with E-state index in [0.717, 1.165) is 16.5 Å². The number of para-hydroxylation sites is 1. The fourth-order valence-electron chi connectivity index (χ4n) is 3.38. The summed E-state index contributed by atoms with van der Waals surface area (Å²) in [5.41, 5.74) is 2.45. The van der Waals surface area contributed by atoms with Crippen LogP contribution < -0.4 is 10.6 Å². The third kappa shape index (κ3) is 4.14. The van der Waals surface area contributed by atoms with Crippen LogP contribution in [0.4, 0.5) is 5.82 Å². The van der Waals surface area contributed by atoms with Crippen molar-refractivity contribution in [3.63, 3.8) is 0 Å². The summed E-state index contributed by atoms with van der Waals surface area (Å²) in [4.78, 5) is 23.8. The molecule has 1 unspecified atom stereocenters. The monoisotopic (exact) mass is 399 g/mol. The molecule has 28 heavy (non-hydrogen) atoms. The number of aromatic nitrogens is 3. The number of anilines is 1. The summed E-state index contributed by atoms with van der Waals surface area (Å²) >= 11 is 0. The third-order valence-corrected chi connectivity index (χ3v) is 6.59. The maximum absolute atomic E-state index is 12.3. The molecule has 1 aromatic carbocycles. The highest BCUT2D eigenvalue weighted by Crippen LogP contribution is 2.18. The first-order valence-corrected chi connectivity index (χ1v) is 10.9. The van der Waals surface area contributed by atoms with Gasteiger partial charge in [-0.3, -0.25) is 4.79 Å². The van der Waals surface area contributed by atoms with Crippen LogP contribution in [0.1, 0.15) is 22.5 Å². The molecule has 146 valence electrons. The Morgan fingerprint density at radius 2 is 2.07 bits per heavy atom. The van der Waals surface area contributed by atoms with Crippen molar-refractivity contribution in [2.45, 2.75) is 18.9 Å². The second kappa shape index (κ2) is 7.59. The van der Waals surface area contributed by atoms with Crippen molar-refractivity contribution in [2.75, 3.05) is 23.4 Å². The summed E-state index contributed by atoms with van der Waals surface area (Å²) in [7, 11) is -2.96. The molecule has 4 rings (SSSR count). The number of aromatic amines is 1. The Morgan fingerprint density at radius 3 is 2.82 bits per heavy atom. The van der Waals surface area contributed by atoms with Gasteiger partial charge in [0.1, 0.15) is 11.5 Å². The van der Waals surface area contributed by atoms with E-state index in [9.17, 15) is 13.2 Å². The van der Waals surface area contributed by atoms with Gasteiger partial charge in [0.05, 0.1) is 23.9 Å². The number of amides is 1. The van der Waals surface area contributed by atoms with E-state index in [-0.39, 0.29) is 29.1 Å². The number of nitrogens with one attached hydrogen (secondary N) is 3. The minimum absolute atomic E-state index is 0.102. The molecule has 3 N–H and O–H groups in total. The van der Waals surface area contributed by atoms with Gasteiger partial charge in [-0.1, -0.05) is 18.2 Å². The van der Waals surface area contributed by atoms with E-state index in [1.807, 2.05) is 24.4 Å². The Labute approximate surface area is 162 Å². The van der Waals surface area contributed by atoms with Gasteiger partial charge in [0, 0.05) is 29.7 Å². The molecule has 2 aromatic heterocycles. The fourth-order valence-corrected chi connectivity index (χ4v) is 5.05. The maximum Gasteiger partial charge on any atom is 0.271 e. The zero-order valence-corrected chi connectivity index (χ0v) is 16.0. The number of carbonyl (C=O) groups excluding carboxylic acids is 1. The van der Waals surface area contributed by atoms with Gasteiger partial charge >= 0.3 is 0 Å². The van der Waals surface area contributed by atoms with Gasteiger partial charge in [-0.15, -0.1) is 0 Å². The van der Waals surface area contributed by atoms with Crippen molar-refractivity contribution >= 4 is 32.5 Å². The average molecular weight is 399 g/mol. The summed E-state index contributed by atoms with van der Waals surface area (Å²) < 4.78 is 23.0. The van der Waals surface area contributed by atoms with Crippen LogP contribution in [0.15, 0.2) is 42.9 Å². The molecule has 1 saturated heterocycles. The standard InChI is InChI=1S/C19H21N5O3S/c25-19(20-7-5-13-9-21-16-4-2-1-3-15(13)16)17-10-23-18(11-22-17)24-14-6-8-28(26,27)12-14/h1-4,9-11,14,21H,5-8,12H2,(H,20,25)(H,23,24). The zero-order valence-electron chi connectivity index (χ0n) is 15.2. The Kier molecular flexibility index (Phi) is 4.99. The van der Waals surface area contributed by atoms with Crippen molar-refractivity contribution < 1.29 is 13.2 Å². The summed E-state index contributed by atoms with van der Waals surface area (Å²) in [5.74, 6) is 0.472. The predicted octanol–water partition coefficient (Wildman–Crippen LogP) is 1.53. The van der Waals surface area contributed by atoms with E-state index in [4.69, 9.17) is 0 Å². The van der Waals surface area contributed by atoms with Gasteiger partial charge in [-0.25, -0.2) is 18.4 Å². The van der Waals surface area contributed by atoms with E-state index in [1.165, 1.54) is 12.4 Å². The Morgan fingerprint density at radius 1 is 1.21 bits per heavy atom. The number of hydrogen-bond acceptors (Lipinski definition) is 6. The molecule has 1 fully saturated rings. The topological polar surface area (TPSA) is 117 Å². The minimum atomic E-state index is -2.96. The summed E-state index contributed by atoms with van der Waals surface area (Å²) in [6.07, 6.45) is 6.08. The lowest BCUT2D eigenvalue weighted by molar-refractivity contribution is 0.0949. The Bertz CT molecular complexity index is 1090. The predicted molar refractivity (Wildman–Crippen MR) is 107 cm³/mol. The van der Waals surface area contributed by atoms with Crippen LogP contribution in [0.5, 0.6) is 0 Å². The molecule has 0 radical (unpaired) electrons. The zero-order chi connectivity index (χ0) is 19.6. The SMILES string of the molecule is O=C(NCCc1c[nH]c2ccccc12)c1cnc(NC2CCS(=O)(=O)C2)cn1. The number of carbonyl (C=O) groups is 1. The summed E-state index contributed by atoms with van der Waals surface area (Å²) in [6.45, 7) is 0.488. The average Bonchev–Trinajstić information content (AvgIpc) is 3.25. The molecular formula is C19H21N5O3S. The lowest BCUT2D eigenvalue weighted by atomic mass is 10.1. The highest BCUT2D eigenvalue weighted by atomic mass is 32.2. The smallest absolute Gasteiger partial charge is 0.271 e. The number of benzene rings is 1. The molecule has 0 aliphatic carbocycles. The van der Waals surface area contributed by atoms with E-state index >= 15 is 0 Å². The molecular weight excluding hydrogens is 378 g/mol. The molecule has 1 atom stereocenters. The van der Waals surface area contributed by atoms with Crippen LogP contribution >= 0.6 is 0 Å². The second-order valence-electron chi connectivity index (χ2n) is 6.90. The lowest BCUT2D eigenvalue weighted by Crippen LogP contribution is -2.27. The normalized spacial score (nSPS) is 18.2. The van der Waals surface area contributed by atoms with Crippen LogP contribution in [-0.2, 0) is 16.3 Å². The van der Waals surface area contributed by atoms with Gasteiger partial charge in [-0.2, -0.15) is 0 Å². The second-order valence-corrected chi connectivity index (χ2v) is 9.13. The van der Waals surface area contributed by atoms with Crippen molar-refractivity contribution in [2.24, 2.45) is 0 Å². The number of nitrogens with zero attached hydrogens (tertiary/aromatic N) is 2. The summed E-state index contributed by atoms with van der Waals surface area (Å²) in [5, 5.41) is 7.06. The molecule has 1 amide bonds. The fraction of sp³-hybridized carbons (Fsp3) is 0.316. The molecule has 0 bridgehead atoms. The first-order valence-electron chi connectivity index (χ1n) is 9.12. The Balaban J connectivity index is 1.30. The van der Waals surface area contributed by atoms with Gasteiger partial charge in [0.15, 0.2) is 9.84 Å². The number of sulfone groups is 1. The largest absolute Gasteiger partial charge is 0.365 e. The number of H-pyrrole nitrogens is 1. The van der Waals surface area contributed by atoms with E-state index in [0.29, 0.717) is 25.2 Å². The molecule has 0 spiro atoms. The van der Waals surface area contributed by atoms with E-state index < -0.39 is 9.84 Å². The quantitative estimate of drug-likeness (QED) is 0.579. The molecule has 8 nitrogen and oxygen atoms in total. The van der Waals surface area contributed by atoms with E-state index in [1.54, 1.807) is 0 Å². The van der Waals surface area contributed by atoms with Crippen LogP contribution in [0, 0.1) is 0 Å². The summed E-state index contributed by atoms with van der Waals surface area (Å²) in [6, 6.07) is 7.88. The molecule has 0 saturated carbocycles. The first-order chi connectivity index (χ1) is 13.5. The lowest BCUT2D eigenvalue weighted by Gasteiger charge is -2.11.